The number of anilines is 1. The van der Waals surface area contributed by atoms with Gasteiger partial charge in [-0.1, -0.05) is 12.1 Å². The molecule has 2 aromatic rings. The van der Waals surface area contributed by atoms with Crippen LogP contribution in [0.1, 0.15) is 28.8 Å². The average Bonchev–Trinajstić information content (AvgIpc) is 3.14. The molecular weight excluding hydrogens is 355 g/mol. The zero-order valence-corrected chi connectivity index (χ0v) is 15.4. The van der Waals surface area contributed by atoms with E-state index in [1.807, 2.05) is 4.90 Å². The molecule has 0 aromatic heterocycles. The van der Waals surface area contributed by atoms with Gasteiger partial charge < -0.3 is 4.90 Å². The van der Waals surface area contributed by atoms with E-state index in [0.717, 1.165) is 32.2 Å². The van der Waals surface area contributed by atoms with Crippen molar-refractivity contribution in [2.45, 2.75) is 19.4 Å². The molecule has 1 fully saturated rings. The zero-order valence-electron chi connectivity index (χ0n) is 14.6. The lowest BCUT2D eigenvalue weighted by Gasteiger charge is -2.23. The normalized spacial score (nSPS) is 14.5. The molecule has 0 N–H and O–H groups in total. The van der Waals surface area contributed by atoms with Crippen LogP contribution in [0.25, 0.3) is 0 Å². The summed E-state index contributed by atoms with van der Waals surface area (Å²) in [6, 6.07) is 12.3. The number of sulfonamides is 1. The van der Waals surface area contributed by atoms with Crippen molar-refractivity contribution >= 4 is 21.6 Å². The third kappa shape index (κ3) is 4.22. The second kappa shape index (κ2) is 7.45. The molecule has 1 aliphatic rings. The molecule has 0 radical (unpaired) electrons. The van der Waals surface area contributed by atoms with Gasteiger partial charge in [0.15, 0.2) is 0 Å². The number of rotatable bonds is 5. The van der Waals surface area contributed by atoms with Crippen molar-refractivity contribution < 1.29 is 17.6 Å². The van der Waals surface area contributed by atoms with E-state index in [1.165, 1.54) is 16.4 Å². The lowest BCUT2D eigenvalue weighted by atomic mass is 10.1. The molecule has 0 atom stereocenters. The van der Waals surface area contributed by atoms with Crippen molar-refractivity contribution in [3.05, 3.63) is 65.5 Å². The second-order valence-corrected chi connectivity index (χ2v) is 8.35. The van der Waals surface area contributed by atoms with Gasteiger partial charge in [-0.25, -0.2) is 12.8 Å². The fourth-order valence-corrected chi connectivity index (χ4v) is 3.92. The van der Waals surface area contributed by atoms with E-state index in [9.17, 15) is 17.6 Å². The molecule has 138 valence electrons. The molecule has 0 aliphatic carbocycles. The van der Waals surface area contributed by atoms with Gasteiger partial charge in [-0.15, -0.1) is 0 Å². The number of likely N-dealkylation sites (tertiary alicyclic amines) is 1. The Morgan fingerprint density at radius 1 is 1.04 bits per heavy atom. The van der Waals surface area contributed by atoms with Crippen LogP contribution in [-0.2, 0) is 16.6 Å². The molecule has 3 rings (SSSR count). The van der Waals surface area contributed by atoms with Crippen LogP contribution in [0, 0.1) is 5.82 Å². The highest BCUT2D eigenvalue weighted by molar-refractivity contribution is 7.92. The third-order valence-corrected chi connectivity index (χ3v) is 5.58. The van der Waals surface area contributed by atoms with E-state index >= 15 is 0 Å². The average molecular weight is 376 g/mol. The largest absolute Gasteiger partial charge is 0.339 e. The maximum atomic E-state index is 13.1. The quantitative estimate of drug-likeness (QED) is 0.806. The van der Waals surface area contributed by atoms with Crippen LogP contribution >= 0.6 is 0 Å². The Kier molecular flexibility index (Phi) is 5.27. The molecule has 0 unspecified atom stereocenters. The maximum absolute atomic E-state index is 13.1. The molecule has 7 heteroatoms. The molecular formula is C19H21FN2O3S. The van der Waals surface area contributed by atoms with Crippen LogP contribution in [0.5, 0.6) is 0 Å². The Morgan fingerprint density at radius 3 is 2.15 bits per heavy atom. The van der Waals surface area contributed by atoms with Gasteiger partial charge in [0.1, 0.15) is 5.82 Å². The van der Waals surface area contributed by atoms with Crippen molar-refractivity contribution in [3.63, 3.8) is 0 Å². The van der Waals surface area contributed by atoms with E-state index in [2.05, 4.69) is 0 Å². The summed E-state index contributed by atoms with van der Waals surface area (Å²) in [5.74, 6) is -0.400. The van der Waals surface area contributed by atoms with Crippen LogP contribution in [0.15, 0.2) is 48.5 Å². The highest BCUT2D eigenvalue weighted by Crippen LogP contribution is 2.22. The number of hydrogen-bond acceptors (Lipinski definition) is 3. The second-order valence-electron chi connectivity index (χ2n) is 6.44. The first-order valence-corrected chi connectivity index (χ1v) is 10.3. The van der Waals surface area contributed by atoms with Gasteiger partial charge in [-0.2, -0.15) is 0 Å². The van der Waals surface area contributed by atoms with Crippen LogP contribution < -0.4 is 4.31 Å². The number of nitrogens with zero attached hydrogens (tertiary/aromatic N) is 2. The van der Waals surface area contributed by atoms with Crippen LogP contribution in [0.3, 0.4) is 0 Å². The van der Waals surface area contributed by atoms with E-state index < -0.39 is 10.0 Å². The van der Waals surface area contributed by atoms with Crippen LogP contribution in [0.2, 0.25) is 0 Å². The molecule has 0 saturated carbocycles. The molecule has 1 amide bonds. The lowest BCUT2D eigenvalue weighted by molar-refractivity contribution is 0.0793. The minimum Gasteiger partial charge on any atom is -0.339 e. The standard InChI is InChI=1S/C19H21FN2O3S/c1-26(24,25)22(14-15-4-8-17(20)9-5-15)18-10-6-16(7-11-18)19(23)21-12-2-3-13-21/h4-11H,2-3,12-14H2,1H3. The monoisotopic (exact) mass is 376 g/mol. The Morgan fingerprint density at radius 2 is 1.62 bits per heavy atom. The Balaban J connectivity index is 1.82. The SMILES string of the molecule is CS(=O)(=O)N(Cc1ccc(F)cc1)c1ccc(C(=O)N2CCCC2)cc1. The van der Waals surface area contributed by atoms with Gasteiger partial charge in [-0.05, 0) is 54.8 Å². The molecule has 1 heterocycles. The van der Waals surface area contributed by atoms with Crippen molar-refractivity contribution in [1.82, 2.24) is 4.90 Å². The molecule has 26 heavy (non-hydrogen) atoms. The highest BCUT2D eigenvalue weighted by Gasteiger charge is 2.21. The summed E-state index contributed by atoms with van der Waals surface area (Å²) < 4.78 is 38.7. The molecule has 5 nitrogen and oxygen atoms in total. The van der Waals surface area contributed by atoms with Gasteiger partial charge in [0, 0.05) is 18.7 Å². The number of benzene rings is 2. The summed E-state index contributed by atoms with van der Waals surface area (Å²) in [5.41, 5.74) is 1.69. The van der Waals surface area contributed by atoms with Crippen molar-refractivity contribution in [2.75, 3.05) is 23.7 Å². The molecule has 2 aromatic carbocycles. The van der Waals surface area contributed by atoms with Gasteiger partial charge in [0.25, 0.3) is 5.91 Å². The fourth-order valence-electron chi connectivity index (χ4n) is 3.03. The molecule has 1 saturated heterocycles. The van der Waals surface area contributed by atoms with Gasteiger partial charge >= 0.3 is 0 Å². The summed E-state index contributed by atoms with van der Waals surface area (Å²) in [6.07, 6.45) is 3.16. The molecule has 0 bridgehead atoms. The van der Waals surface area contributed by atoms with Gasteiger partial charge in [0.2, 0.25) is 10.0 Å². The van der Waals surface area contributed by atoms with Crippen molar-refractivity contribution in [2.24, 2.45) is 0 Å². The van der Waals surface area contributed by atoms with Crippen LogP contribution in [0.4, 0.5) is 10.1 Å². The summed E-state index contributed by atoms with van der Waals surface area (Å²) >= 11 is 0. The van der Waals surface area contributed by atoms with Gasteiger partial charge in [0.05, 0.1) is 18.5 Å². The summed E-state index contributed by atoms with van der Waals surface area (Å²) in [4.78, 5) is 14.2. The fraction of sp³-hybridized carbons (Fsp3) is 0.316. The Bertz CT molecular complexity index is 874. The third-order valence-electron chi connectivity index (χ3n) is 4.44. The minimum absolute atomic E-state index is 0.0292. The first kappa shape index (κ1) is 18.4. The van der Waals surface area contributed by atoms with Crippen molar-refractivity contribution in [3.8, 4) is 0 Å². The zero-order chi connectivity index (χ0) is 18.7. The lowest BCUT2D eigenvalue weighted by Crippen LogP contribution is -2.30. The summed E-state index contributed by atoms with van der Waals surface area (Å²) in [6.45, 7) is 1.62. The smallest absolute Gasteiger partial charge is 0.253 e. The molecule has 0 spiro atoms. The van der Waals surface area contributed by atoms with E-state index in [1.54, 1.807) is 36.4 Å². The number of carbonyl (C=O) groups excluding carboxylic acids is 1. The van der Waals surface area contributed by atoms with Crippen molar-refractivity contribution in [1.29, 1.82) is 0 Å². The summed E-state index contributed by atoms with van der Waals surface area (Å²) in [7, 11) is -3.53. The first-order valence-electron chi connectivity index (χ1n) is 8.46. The van der Waals surface area contributed by atoms with E-state index in [4.69, 9.17) is 0 Å². The molecule has 1 aliphatic heterocycles. The van der Waals surface area contributed by atoms with E-state index in [0.29, 0.717) is 16.8 Å². The summed E-state index contributed by atoms with van der Waals surface area (Å²) in [5, 5.41) is 0. The predicted octanol–water partition coefficient (Wildman–Crippen LogP) is 3.03. The number of amides is 1. The highest BCUT2D eigenvalue weighted by atomic mass is 32.2. The maximum Gasteiger partial charge on any atom is 0.253 e. The number of hydrogen-bond donors (Lipinski definition) is 0. The number of carbonyl (C=O) groups is 1. The van der Waals surface area contributed by atoms with Gasteiger partial charge in [-0.3, -0.25) is 9.10 Å². The number of halogens is 1. The Labute approximate surface area is 153 Å². The first-order chi connectivity index (χ1) is 12.3. The Hall–Kier alpha value is -2.41. The van der Waals surface area contributed by atoms with Crippen LogP contribution in [-0.4, -0.2) is 38.6 Å². The minimum atomic E-state index is -3.53. The predicted molar refractivity (Wildman–Crippen MR) is 99.0 cm³/mol. The topological polar surface area (TPSA) is 57.7 Å². The van der Waals surface area contributed by atoms with E-state index in [-0.39, 0.29) is 18.3 Å².